The number of pyridine rings is 1. The van der Waals surface area contributed by atoms with Crippen molar-refractivity contribution in [2.45, 2.75) is 19.7 Å². The minimum absolute atomic E-state index is 0.0320. The van der Waals surface area contributed by atoms with E-state index in [-0.39, 0.29) is 18.9 Å². The largest absolute Gasteiger partial charge is 0.445 e. The second-order valence-electron chi connectivity index (χ2n) is 9.00. The number of nitrogens with one attached hydrogen (secondary N) is 1. The number of rotatable bonds is 7. The van der Waals surface area contributed by atoms with Gasteiger partial charge in [0.1, 0.15) is 6.61 Å². The van der Waals surface area contributed by atoms with Gasteiger partial charge in [0.2, 0.25) is 6.17 Å². The normalized spacial score (nSPS) is 14.6. The number of aromatic nitrogens is 1. The highest BCUT2D eigenvalue weighted by Gasteiger charge is 2.34. The SMILES string of the molecule is Cc1ccccc1C(=O)CN1C(=O)C(NC(=O)OCc2ccccc2)N=C(c2ccncc2)c2ccccc21. The number of amides is 2. The van der Waals surface area contributed by atoms with Crippen molar-refractivity contribution in [3.05, 3.63) is 131 Å². The number of ether oxygens (including phenoxy) is 1. The minimum atomic E-state index is -1.33. The van der Waals surface area contributed by atoms with Gasteiger partial charge in [-0.3, -0.25) is 19.9 Å². The molecule has 2 heterocycles. The minimum Gasteiger partial charge on any atom is -0.445 e. The average Bonchev–Trinajstić information content (AvgIpc) is 3.08. The number of benzodiazepines with no additional fused rings is 1. The van der Waals surface area contributed by atoms with Crippen LogP contribution in [0.25, 0.3) is 0 Å². The van der Waals surface area contributed by atoms with Crippen molar-refractivity contribution in [3.63, 3.8) is 0 Å². The predicted octanol–water partition coefficient (Wildman–Crippen LogP) is 4.71. The summed E-state index contributed by atoms with van der Waals surface area (Å²) < 4.78 is 5.37. The van der Waals surface area contributed by atoms with Gasteiger partial charge in [-0.1, -0.05) is 72.8 Å². The lowest BCUT2D eigenvalue weighted by molar-refractivity contribution is -0.120. The van der Waals surface area contributed by atoms with E-state index in [0.717, 1.165) is 11.1 Å². The van der Waals surface area contributed by atoms with Gasteiger partial charge in [0, 0.05) is 29.1 Å². The van der Waals surface area contributed by atoms with Crippen LogP contribution in [0.4, 0.5) is 10.5 Å². The Kier molecular flexibility index (Phi) is 7.54. The molecule has 0 bridgehead atoms. The van der Waals surface area contributed by atoms with Crippen LogP contribution in [0, 0.1) is 6.92 Å². The van der Waals surface area contributed by atoms with E-state index >= 15 is 0 Å². The Morgan fingerprint density at radius 2 is 1.59 bits per heavy atom. The first kappa shape index (κ1) is 25.5. The van der Waals surface area contributed by atoms with Gasteiger partial charge >= 0.3 is 6.09 Å². The number of Topliss-reactive ketones (excluding diaryl/α,β-unsaturated/α-hetero) is 1. The van der Waals surface area contributed by atoms with Crippen LogP contribution in [0.1, 0.15) is 32.6 Å². The lowest BCUT2D eigenvalue weighted by Gasteiger charge is -2.25. The molecule has 1 aliphatic rings. The van der Waals surface area contributed by atoms with E-state index in [1.165, 1.54) is 4.90 Å². The first-order valence-electron chi connectivity index (χ1n) is 12.5. The fourth-order valence-corrected chi connectivity index (χ4v) is 4.42. The second-order valence-corrected chi connectivity index (χ2v) is 9.00. The molecular formula is C31H26N4O4. The number of carbonyl (C=O) groups excluding carboxylic acids is 3. The molecule has 0 saturated heterocycles. The summed E-state index contributed by atoms with van der Waals surface area (Å²) >= 11 is 0. The Bertz CT molecular complexity index is 1540. The van der Waals surface area contributed by atoms with Crippen molar-refractivity contribution < 1.29 is 19.1 Å². The van der Waals surface area contributed by atoms with Crippen molar-refractivity contribution in [2.75, 3.05) is 11.4 Å². The van der Waals surface area contributed by atoms with Crippen LogP contribution in [-0.2, 0) is 16.1 Å². The predicted molar refractivity (Wildman–Crippen MR) is 148 cm³/mol. The number of aliphatic imine (C=N–C) groups is 1. The highest BCUT2D eigenvalue weighted by atomic mass is 16.5. The third-order valence-electron chi connectivity index (χ3n) is 6.38. The Labute approximate surface area is 226 Å². The van der Waals surface area contributed by atoms with E-state index in [9.17, 15) is 14.4 Å². The van der Waals surface area contributed by atoms with Gasteiger partial charge in [-0.2, -0.15) is 0 Å². The summed E-state index contributed by atoms with van der Waals surface area (Å²) in [5, 5.41) is 2.60. The number of fused-ring (bicyclic) bond motifs is 1. The second kappa shape index (κ2) is 11.5. The molecule has 39 heavy (non-hydrogen) atoms. The number of ketones is 1. The lowest BCUT2D eigenvalue weighted by Crippen LogP contribution is -2.49. The zero-order valence-electron chi connectivity index (χ0n) is 21.3. The molecule has 0 fully saturated rings. The summed E-state index contributed by atoms with van der Waals surface area (Å²) in [6, 6.07) is 27.2. The first-order chi connectivity index (χ1) is 19.0. The Morgan fingerprint density at radius 1 is 0.897 bits per heavy atom. The molecule has 8 nitrogen and oxygen atoms in total. The van der Waals surface area contributed by atoms with Crippen molar-refractivity contribution in [1.29, 1.82) is 0 Å². The van der Waals surface area contributed by atoms with Gasteiger partial charge in [0.05, 0.1) is 17.9 Å². The molecule has 0 spiro atoms. The van der Waals surface area contributed by atoms with Gasteiger partial charge in [0.15, 0.2) is 5.78 Å². The van der Waals surface area contributed by atoms with Crippen LogP contribution in [0.2, 0.25) is 0 Å². The van der Waals surface area contributed by atoms with Crippen molar-refractivity contribution in [3.8, 4) is 0 Å². The van der Waals surface area contributed by atoms with Crippen LogP contribution in [0.3, 0.4) is 0 Å². The first-order valence-corrected chi connectivity index (χ1v) is 12.5. The van der Waals surface area contributed by atoms with Gasteiger partial charge in [0.25, 0.3) is 5.91 Å². The number of nitrogens with zero attached hydrogens (tertiary/aromatic N) is 3. The molecule has 1 unspecified atom stereocenters. The molecule has 5 rings (SSSR count). The van der Waals surface area contributed by atoms with Crippen LogP contribution >= 0.6 is 0 Å². The number of alkyl carbamates (subject to hydrolysis) is 1. The number of hydrogen-bond acceptors (Lipinski definition) is 6. The molecule has 0 radical (unpaired) electrons. The number of para-hydroxylation sites is 1. The lowest BCUT2D eigenvalue weighted by atomic mass is 10.0. The summed E-state index contributed by atoms with van der Waals surface area (Å²) in [5.41, 5.74) is 4.50. The molecule has 194 valence electrons. The molecule has 1 N–H and O–H groups in total. The quantitative estimate of drug-likeness (QED) is 0.357. The van der Waals surface area contributed by atoms with E-state index < -0.39 is 18.2 Å². The standard InChI is InChI=1S/C31H26N4O4/c1-21-9-5-6-12-24(21)27(36)19-35-26-14-8-7-13-25(26)28(23-15-17-32-18-16-23)33-29(30(35)37)34-31(38)39-20-22-10-3-2-4-11-22/h2-18,29H,19-20H2,1H3,(H,34,38). The Morgan fingerprint density at radius 3 is 2.36 bits per heavy atom. The highest BCUT2D eigenvalue weighted by Crippen LogP contribution is 2.28. The highest BCUT2D eigenvalue weighted by molar-refractivity contribution is 6.21. The van der Waals surface area contributed by atoms with Gasteiger partial charge in [-0.15, -0.1) is 0 Å². The molecular weight excluding hydrogens is 492 g/mol. The monoisotopic (exact) mass is 518 g/mol. The number of aryl methyl sites for hydroxylation is 1. The molecule has 3 aromatic carbocycles. The van der Waals surface area contributed by atoms with Crippen LogP contribution < -0.4 is 10.2 Å². The third kappa shape index (κ3) is 5.75. The molecule has 1 aliphatic heterocycles. The number of carbonyl (C=O) groups is 3. The molecule has 0 saturated carbocycles. The average molecular weight is 519 g/mol. The van der Waals surface area contributed by atoms with Gasteiger partial charge in [-0.05, 0) is 36.2 Å². The topological polar surface area (TPSA) is 101 Å². The fourth-order valence-electron chi connectivity index (χ4n) is 4.42. The van der Waals surface area contributed by atoms with Crippen LogP contribution in [0.15, 0.2) is 108 Å². The van der Waals surface area contributed by atoms with E-state index in [1.54, 1.807) is 48.8 Å². The van der Waals surface area contributed by atoms with E-state index in [1.807, 2.05) is 61.5 Å². The fraction of sp³-hybridized carbons (Fsp3) is 0.129. The Balaban J connectivity index is 1.50. The van der Waals surface area contributed by atoms with Crippen molar-refractivity contribution in [1.82, 2.24) is 10.3 Å². The van der Waals surface area contributed by atoms with E-state index in [4.69, 9.17) is 4.74 Å². The van der Waals surface area contributed by atoms with Gasteiger partial charge < -0.3 is 9.64 Å². The number of hydrogen-bond donors (Lipinski definition) is 1. The third-order valence-corrected chi connectivity index (χ3v) is 6.38. The maximum atomic E-state index is 13.9. The smallest absolute Gasteiger partial charge is 0.409 e. The zero-order chi connectivity index (χ0) is 27.2. The van der Waals surface area contributed by atoms with Crippen LogP contribution in [-0.4, -0.2) is 41.2 Å². The summed E-state index contributed by atoms with van der Waals surface area (Å²) in [5.74, 6) is -0.779. The molecule has 4 aromatic rings. The summed E-state index contributed by atoms with van der Waals surface area (Å²) in [7, 11) is 0. The molecule has 1 aromatic heterocycles. The van der Waals surface area contributed by atoms with E-state index in [2.05, 4.69) is 15.3 Å². The summed E-state index contributed by atoms with van der Waals surface area (Å²) in [6.07, 6.45) is 1.13. The molecule has 0 aliphatic carbocycles. The Hall–Kier alpha value is -5.11. The molecule has 1 atom stereocenters. The zero-order valence-corrected chi connectivity index (χ0v) is 21.3. The maximum Gasteiger partial charge on any atom is 0.409 e. The van der Waals surface area contributed by atoms with E-state index in [0.29, 0.717) is 28.1 Å². The molecule has 8 heteroatoms. The summed E-state index contributed by atoms with van der Waals surface area (Å²) in [4.78, 5) is 50.3. The van der Waals surface area contributed by atoms with Crippen LogP contribution in [0.5, 0.6) is 0 Å². The van der Waals surface area contributed by atoms with Crippen molar-refractivity contribution >= 4 is 29.2 Å². The molecule has 2 amide bonds. The van der Waals surface area contributed by atoms with Gasteiger partial charge in [-0.25, -0.2) is 9.79 Å². The summed E-state index contributed by atoms with van der Waals surface area (Å²) in [6.45, 7) is 1.66. The van der Waals surface area contributed by atoms with Crippen molar-refractivity contribution in [2.24, 2.45) is 4.99 Å². The number of benzene rings is 3. The maximum absolute atomic E-state index is 13.9. The number of anilines is 1.